The van der Waals surface area contributed by atoms with Crippen molar-refractivity contribution in [1.29, 1.82) is 0 Å². The predicted molar refractivity (Wildman–Crippen MR) is 168 cm³/mol. The third-order valence-electron chi connectivity index (χ3n) is 13.7. The second-order valence-electron chi connectivity index (χ2n) is 16.0. The summed E-state index contributed by atoms with van der Waals surface area (Å²) in [7, 11) is 0. The lowest BCUT2D eigenvalue weighted by Crippen LogP contribution is -2.74. The van der Waals surface area contributed by atoms with Gasteiger partial charge in [0.2, 0.25) is 0 Å². The largest absolute Gasteiger partial charge is 0.455 e. The summed E-state index contributed by atoms with van der Waals surface area (Å²) in [5.74, 6) is -4.73. The molecule has 4 saturated heterocycles. The Morgan fingerprint density at radius 1 is 1.00 bits per heavy atom. The molecular formula is C37H50O10. The van der Waals surface area contributed by atoms with Gasteiger partial charge in [0, 0.05) is 11.8 Å². The summed E-state index contributed by atoms with van der Waals surface area (Å²) in [6, 6.07) is 8.65. The van der Waals surface area contributed by atoms with Gasteiger partial charge in [0.05, 0.1) is 17.8 Å². The van der Waals surface area contributed by atoms with Gasteiger partial charge < -0.3 is 44.1 Å². The van der Waals surface area contributed by atoms with E-state index in [-0.39, 0.29) is 17.8 Å². The zero-order chi connectivity index (χ0) is 33.3. The van der Waals surface area contributed by atoms with Gasteiger partial charge in [-0.15, -0.1) is 0 Å². The fraction of sp³-hybridized carbons (Fsp3) is 0.757. The van der Waals surface area contributed by atoms with Crippen molar-refractivity contribution < 1.29 is 48.9 Å². The maximum Gasteiger partial charge on any atom is 0.338 e. The Hall–Kier alpha value is -1.89. The van der Waals surface area contributed by atoms with Crippen molar-refractivity contribution >= 4 is 5.97 Å². The molecule has 7 aliphatic rings. The van der Waals surface area contributed by atoms with Crippen LogP contribution in [0.15, 0.2) is 42.5 Å². The zero-order valence-electron chi connectivity index (χ0n) is 27.8. The van der Waals surface area contributed by atoms with Gasteiger partial charge in [-0.05, 0) is 61.1 Å². The molecule has 4 N–H and O–H groups in total. The van der Waals surface area contributed by atoms with Crippen LogP contribution < -0.4 is 0 Å². The topological polar surface area (TPSA) is 147 Å². The van der Waals surface area contributed by atoms with Gasteiger partial charge in [0.15, 0.2) is 0 Å². The standard InChI is InChI=1S/C37H50O10/c1-19(2)33-17-21(4)36-26-29(33)45-37(46-33,47-36)24(39)16-12-7-6-9-13-20(3)25-22(5)28(43-31(40)23-14-10-8-11-15-23)35(42,27(25)36)32(41)34(18-38)30(26)44-34/h8,10-11,14-15,20-22,24-30,32,38-39,41-42H,1,6-7,9,12-13,16-18H2,2-5H3. The first-order chi connectivity index (χ1) is 22.3. The van der Waals surface area contributed by atoms with E-state index in [9.17, 15) is 25.2 Å². The van der Waals surface area contributed by atoms with E-state index in [0.717, 1.165) is 37.7 Å². The number of epoxide rings is 1. The average molecular weight is 655 g/mol. The Labute approximate surface area is 276 Å². The minimum atomic E-state index is -2.09. The van der Waals surface area contributed by atoms with Gasteiger partial charge >= 0.3 is 11.9 Å². The Morgan fingerprint density at radius 3 is 2.38 bits per heavy atom. The first kappa shape index (κ1) is 32.3. The molecule has 258 valence electrons. The molecule has 16 unspecified atom stereocenters. The number of aliphatic hydroxyl groups excluding tert-OH is 3. The van der Waals surface area contributed by atoms with Crippen molar-refractivity contribution in [2.45, 2.75) is 132 Å². The highest BCUT2D eigenvalue weighted by atomic mass is 16.9. The van der Waals surface area contributed by atoms with Crippen molar-refractivity contribution in [2.75, 3.05) is 6.61 Å². The number of ether oxygens (including phenoxy) is 5. The monoisotopic (exact) mass is 654 g/mol. The van der Waals surface area contributed by atoms with Crippen LogP contribution in [0.3, 0.4) is 0 Å². The van der Waals surface area contributed by atoms with Crippen LogP contribution in [0.4, 0.5) is 0 Å². The van der Waals surface area contributed by atoms with E-state index in [1.165, 1.54) is 0 Å². The summed E-state index contributed by atoms with van der Waals surface area (Å²) in [4.78, 5) is 13.8. The maximum atomic E-state index is 13.8. The highest BCUT2D eigenvalue weighted by molar-refractivity contribution is 5.89. The van der Waals surface area contributed by atoms with Crippen LogP contribution in [0.25, 0.3) is 0 Å². The molecule has 4 aliphatic heterocycles. The summed E-state index contributed by atoms with van der Waals surface area (Å²) >= 11 is 0. The highest BCUT2D eigenvalue weighted by Crippen LogP contribution is 2.75. The van der Waals surface area contributed by atoms with E-state index < -0.39 is 89.2 Å². The lowest BCUT2D eigenvalue weighted by molar-refractivity contribution is -0.458. The molecule has 47 heavy (non-hydrogen) atoms. The van der Waals surface area contributed by atoms with Crippen LogP contribution in [0.5, 0.6) is 0 Å². The van der Waals surface area contributed by atoms with Crippen molar-refractivity contribution in [3.05, 3.63) is 48.0 Å². The van der Waals surface area contributed by atoms with Gasteiger partial charge in [-0.3, -0.25) is 0 Å². The fourth-order valence-corrected chi connectivity index (χ4v) is 11.6. The van der Waals surface area contributed by atoms with Crippen LogP contribution in [-0.4, -0.2) is 91.9 Å². The molecule has 1 aromatic carbocycles. The molecule has 0 aromatic heterocycles. The molecule has 8 rings (SSSR count). The van der Waals surface area contributed by atoms with Crippen LogP contribution in [0.1, 0.15) is 83.0 Å². The van der Waals surface area contributed by atoms with Gasteiger partial charge in [-0.1, -0.05) is 77.7 Å². The Morgan fingerprint density at radius 2 is 1.70 bits per heavy atom. The number of carbonyl (C=O) groups excluding carboxylic acids is 1. The van der Waals surface area contributed by atoms with E-state index in [4.69, 9.17) is 23.7 Å². The molecule has 0 amide bonds. The molecule has 1 aromatic rings. The summed E-state index contributed by atoms with van der Waals surface area (Å²) in [6.45, 7) is 11.9. The number of hydrogen-bond donors (Lipinski definition) is 4. The second kappa shape index (κ2) is 10.6. The SMILES string of the molecule is C=C(C)C12CC(C)C34OC5(OC1C3C1OC1(CO)C(O)C1(O)C(OC(=O)c3ccccc3)C(C)C(C(C)CCCCCCC5O)C14)O2. The van der Waals surface area contributed by atoms with Gasteiger partial charge in [-0.25, -0.2) is 4.79 Å². The summed E-state index contributed by atoms with van der Waals surface area (Å²) in [6.07, 6.45) is 0.0237. The minimum absolute atomic E-state index is 0.0521. The minimum Gasteiger partial charge on any atom is -0.455 e. The van der Waals surface area contributed by atoms with Crippen LogP contribution in [-0.2, 0) is 23.7 Å². The Kier molecular flexibility index (Phi) is 7.26. The number of fused-ring (bicyclic) bond motifs is 1. The van der Waals surface area contributed by atoms with Crippen LogP contribution in [0.2, 0.25) is 0 Å². The summed E-state index contributed by atoms with van der Waals surface area (Å²) in [5.41, 5.74) is -4.83. The number of benzene rings is 1. The van der Waals surface area contributed by atoms with Crippen molar-refractivity contribution in [3.8, 4) is 0 Å². The van der Waals surface area contributed by atoms with Gasteiger partial charge in [-0.2, -0.15) is 0 Å². The number of esters is 1. The molecule has 3 aliphatic carbocycles. The maximum absolute atomic E-state index is 13.8. The predicted octanol–water partition coefficient (Wildman–Crippen LogP) is 3.49. The molecule has 4 heterocycles. The summed E-state index contributed by atoms with van der Waals surface area (Å²) < 4.78 is 33.7. The molecule has 16 atom stereocenters. The lowest BCUT2D eigenvalue weighted by Gasteiger charge is -2.62. The van der Waals surface area contributed by atoms with Crippen LogP contribution >= 0.6 is 0 Å². The third kappa shape index (κ3) is 3.93. The zero-order valence-corrected chi connectivity index (χ0v) is 27.8. The number of hydrogen-bond acceptors (Lipinski definition) is 10. The summed E-state index contributed by atoms with van der Waals surface area (Å²) in [5, 5.41) is 48.9. The van der Waals surface area contributed by atoms with E-state index >= 15 is 0 Å². The highest BCUT2D eigenvalue weighted by Gasteiger charge is 2.90. The lowest BCUT2D eigenvalue weighted by atomic mass is 9.51. The quantitative estimate of drug-likeness (QED) is 0.216. The Bertz CT molecular complexity index is 1440. The van der Waals surface area contributed by atoms with Gasteiger partial charge in [0.25, 0.3) is 0 Å². The van der Waals surface area contributed by atoms with Crippen molar-refractivity contribution in [1.82, 2.24) is 0 Å². The molecular weight excluding hydrogens is 604 g/mol. The molecule has 7 fully saturated rings. The first-order valence-corrected chi connectivity index (χ1v) is 17.7. The average Bonchev–Trinajstić information content (AvgIpc) is 3.69. The Balaban J connectivity index is 1.37. The molecule has 0 radical (unpaired) electrons. The van der Waals surface area contributed by atoms with Gasteiger partial charge in [0.1, 0.15) is 47.3 Å². The molecule has 2 spiro atoms. The number of rotatable bonds is 4. The smallest absolute Gasteiger partial charge is 0.338 e. The van der Waals surface area contributed by atoms with E-state index in [1.807, 2.05) is 19.9 Å². The van der Waals surface area contributed by atoms with E-state index in [1.54, 1.807) is 24.3 Å². The fourth-order valence-electron chi connectivity index (χ4n) is 11.6. The molecule has 10 nitrogen and oxygen atoms in total. The van der Waals surface area contributed by atoms with Crippen molar-refractivity contribution in [3.63, 3.8) is 0 Å². The van der Waals surface area contributed by atoms with E-state index in [2.05, 4.69) is 20.4 Å². The first-order valence-electron chi connectivity index (χ1n) is 17.7. The second-order valence-corrected chi connectivity index (χ2v) is 16.0. The molecule has 10 heteroatoms. The number of carbonyl (C=O) groups is 1. The molecule has 3 saturated carbocycles. The van der Waals surface area contributed by atoms with E-state index in [0.29, 0.717) is 18.4 Å². The number of aliphatic hydroxyl groups is 4. The van der Waals surface area contributed by atoms with Crippen LogP contribution in [0, 0.1) is 35.5 Å². The molecule has 3 bridgehead atoms. The third-order valence-corrected chi connectivity index (χ3v) is 13.7. The van der Waals surface area contributed by atoms with Crippen molar-refractivity contribution in [2.24, 2.45) is 35.5 Å². The normalized spacial score (nSPS) is 54.3.